The summed E-state index contributed by atoms with van der Waals surface area (Å²) in [5.41, 5.74) is 2.48. The number of amides is 2. The maximum absolute atomic E-state index is 13.6. The summed E-state index contributed by atoms with van der Waals surface area (Å²) < 4.78 is 11.0. The Hall–Kier alpha value is -4.05. The van der Waals surface area contributed by atoms with E-state index >= 15 is 0 Å². The summed E-state index contributed by atoms with van der Waals surface area (Å²) in [6.45, 7) is 3.67. The lowest BCUT2D eigenvalue weighted by Gasteiger charge is -2.42. The molecule has 2 aliphatic heterocycles. The molecule has 2 amide bonds. The van der Waals surface area contributed by atoms with Gasteiger partial charge in [-0.15, -0.1) is 0 Å². The average molecular weight is 513 g/mol. The normalized spacial score (nSPS) is 23.9. The van der Waals surface area contributed by atoms with E-state index in [9.17, 15) is 9.59 Å². The molecule has 10 heteroatoms. The molecule has 3 aliphatic rings. The number of benzene rings is 2. The highest BCUT2D eigenvalue weighted by Gasteiger charge is 2.59. The van der Waals surface area contributed by atoms with E-state index in [1.54, 1.807) is 13.2 Å². The molecule has 194 valence electrons. The molecule has 4 aromatic rings. The Bertz CT molecular complexity index is 1530. The molecule has 2 saturated heterocycles. The van der Waals surface area contributed by atoms with Crippen LogP contribution in [0.15, 0.2) is 48.5 Å². The fourth-order valence-corrected chi connectivity index (χ4v) is 6.63. The number of carbonyl (C=O) groups excluding carboxylic acids is 2. The zero-order valence-electron chi connectivity index (χ0n) is 21.0. The van der Waals surface area contributed by atoms with E-state index in [-0.39, 0.29) is 11.8 Å². The van der Waals surface area contributed by atoms with Crippen LogP contribution in [0.4, 0.5) is 0 Å². The number of methoxy groups -OCH3 is 1. The summed E-state index contributed by atoms with van der Waals surface area (Å²) >= 11 is 0. The maximum atomic E-state index is 13.6. The summed E-state index contributed by atoms with van der Waals surface area (Å²) in [5.74, 6) is 2.12. The Morgan fingerprint density at radius 3 is 2.29 bits per heavy atom. The highest BCUT2D eigenvalue weighted by Crippen LogP contribution is 2.54. The molecule has 4 heterocycles. The molecule has 2 aromatic heterocycles. The lowest BCUT2D eigenvalue weighted by atomic mass is 9.60. The first-order valence-electron chi connectivity index (χ1n) is 13.0. The van der Waals surface area contributed by atoms with Crippen LogP contribution in [0.25, 0.3) is 21.8 Å². The van der Waals surface area contributed by atoms with Gasteiger partial charge in [-0.25, -0.2) is 4.98 Å². The minimum Gasteiger partial charge on any atom is -0.475 e. The van der Waals surface area contributed by atoms with Gasteiger partial charge in [-0.2, -0.15) is 15.4 Å². The number of aromatic amines is 1. The van der Waals surface area contributed by atoms with Crippen molar-refractivity contribution >= 4 is 33.6 Å². The molecular weight excluding hydrogens is 484 g/mol. The molecule has 1 aliphatic carbocycles. The van der Waals surface area contributed by atoms with Gasteiger partial charge in [0.1, 0.15) is 23.3 Å². The number of likely N-dealkylation sites (tertiary alicyclic amines) is 2. The van der Waals surface area contributed by atoms with Crippen molar-refractivity contribution in [3.8, 4) is 5.88 Å². The molecule has 1 saturated carbocycles. The van der Waals surface area contributed by atoms with Gasteiger partial charge in [0.25, 0.3) is 11.8 Å². The van der Waals surface area contributed by atoms with Gasteiger partial charge in [0.15, 0.2) is 0 Å². The first-order valence-corrected chi connectivity index (χ1v) is 13.0. The number of nitrogens with one attached hydrogen (secondary N) is 1. The summed E-state index contributed by atoms with van der Waals surface area (Å²) in [4.78, 5) is 35.3. The van der Waals surface area contributed by atoms with Crippen molar-refractivity contribution in [1.29, 1.82) is 0 Å². The van der Waals surface area contributed by atoms with Gasteiger partial charge in [-0.1, -0.05) is 18.2 Å². The Balaban J connectivity index is 1.04. The van der Waals surface area contributed by atoms with Crippen LogP contribution in [0.2, 0.25) is 0 Å². The first kappa shape index (κ1) is 23.1. The molecule has 0 bridgehead atoms. The van der Waals surface area contributed by atoms with Crippen LogP contribution < -0.4 is 4.74 Å². The van der Waals surface area contributed by atoms with E-state index < -0.39 is 0 Å². The molecule has 0 radical (unpaired) electrons. The average Bonchev–Trinajstić information content (AvgIpc) is 3.66. The monoisotopic (exact) mass is 512 g/mol. The number of aromatic nitrogens is 4. The van der Waals surface area contributed by atoms with E-state index in [1.165, 1.54) is 0 Å². The van der Waals surface area contributed by atoms with Gasteiger partial charge in [0, 0.05) is 44.2 Å². The van der Waals surface area contributed by atoms with Crippen LogP contribution in [0.5, 0.6) is 5.88 Å². The predicted molar refractivity (Wildman–Crippen MR) is 139 cm³/mol. The van der Waals surface area contributed by atoms with Gasteiger partial charge in [-0.05, 0) is 59.4 Å². The molecule has 0 spiro atoms. The molecule has 1 N–H and O–H groups in total. The zero-order chi connectivity index (χ0) is 25.8. The second-order valence-electron chi connectivity index (χ2n) is 10.5. The second-order valence-corrected chi connectivity index (χ2v) is 10.5. The molecule has 10 nitrogen and oxygen atoms in total. The molecule has 3 fully saturated rings. The van der Waals surface area contributed by atoms with E-state index in [4.69, 9.17) is 9.47 Å². The maximum Gasteiger partial charge on any atom is 0.272 e. The highest BCUT2D eigenvalue weighted by molar-refractivity contribution is 5.99. The fourth-order valence-electron chi connectivity index (χ4n) is 6.63. The van der Waals surface area contributed by atoms with Gasteiger partial charge in [0.2, 0.25) is 5.88 Å². The van der Waals surface area contributed by atoms with Gasteiger partial charge in [0.05, 0.1) is 6.61 Å². The van der Waals surface area contributed by atoms with E-state index in [1.807, 2.05) is 52.3 Å². The summed E-state index contributed by atoms with van der Waals surface area (Å²) in [6.07, 6.45) is 0. The van der Waals surface area contributed by atoms with E-state index in [0.29, 0.717) is 72.6 Å². The number of fused-ring (bicyclic) bond motifs is 6. The van der Waals surface area contributed by atoms with Crippen molar-refractivity contribution in [2.24, 2.45) is 23.7 Å². The van der Waals surface area contributed by atoms with E-state index in [2.05, 4.69) is 20.4 Å². The number of carbonyl (C=O) groups is 2. The number of nitrogens with zero attached hydrogens (tertiary/aromatic N) is 5. The van der Waals surface area contributed by atoms with Crippen molar-refractivity contribution in [1.82, 2.24) is 30.2 Å². The Labute approximate surface area is 218 Å². The van der Waals surface area contributed by atoms with Gasteiger partial charge < -0.3 is 19.3 Å². The number of H-pyrrole nitrogens is 1. The fraction of sp³-hybridized carbons (Fsp3) is 0.393. The quantitative estimate of drug-likeness (QED) is 0.395. The standard InChI is InChI=1S/C28H28N6O4/c1-37-8-9-38-26-18-5-3-2-4-16(18)10-25(29-26)28(36)34-14-21-19-12-33(13-20(19)22(21)15-34)27(35)17-6-7-23-24(11-17)31-32-30-23/h2-7,10-11,19-22H,8-9,12-15H2,1H3,(H,30,31,32)/t19-,20+,21?,22?. The lowest BCUT2D eigenvalue weighted by Crippen LogP contribution is -2.44. The van der Waals surface area contributed by atoms with Crippen molar-refractivity contribution in [2.75, 3.05) is 46.5 Å². The van der Waals surface area contributed by atoms with Crippen LogP contribution in [-0.4, -0.2) is 88.5 Å². The Kier molecular flexibility index (Phi) is 5.50. The molecule has 4 atom stereocenters. The highest BCUT2D eigenvalue weighted by atomic mass is 16.5. The summed E-state index contributed by atoms with van der Waals surface area (Å²) in [7, 11) is 1.62. The molecule has 2 unspecified atom stereocenters. The molecular formula is C28H28N6O4. The van der Waals surface area contributed by atoms with Gasteiger partial charge >= 0.3 is 0 Å². The summed E-state index contributed by atoms with van der Waals surface area (Å²) in [6, 6.07) is 15.1. The van der Waals surface area contributed by atoms with Crippen molar-refractivity contribution < 1.29 is 19.1 Å². The van der Waals surface area contributed by atoms with Crippen molar-refractivity contribution in [3.63, 3.8) is 0 Å². The van der Waals surface area contributed by atoms with Gasteiger partial charge in [-0.3, -0.25) is 9.59 Å². The minimum absolute atomic E-state index is 0.0386. The van der Waals surface area contributed by atoms with Crippen molar-refractivity contribution in [3.05, 3.63) is 59.8 Å². The number of pyridine rings is 1. The lowest BCUT2D eigenvalue weighted by molar-refractivity contribution is 0.0629. The largest absolute Gasteiger partial charge is 0.475 e. The third kappa shape index (κ3) is 3.70. The van der Waals surface area contributed by atoms with Crippen molar-refractivity contribution in [2.45, 2.75) is 0 Å². The van der Waals surface area contributed by atoms with Crippen LogP contribution in [0.1, 0.15) is 20.8 Å². The Morgan fingerprint density at radius 1 is 0.868 bits per heavy atom. The Morgan fingerprint density at radius 2 is 1.55 bits per heavy atom. The van der Waals surface area contributed by atoms with Crippen LogP contribution in [0, 0.1) is 23.7 Å². The van der Waals surface area contributed by atoms with Crippen LogP contribution in [-0.2, 0) is 4.74 Å². The number of hydrogen-bond donors (Lipinski definition) is 1. The SMILES string of the molecule is COCCOc1nc(C(=O)N2CC3C(C2)[C@@H]2CN(C(=O)c4ccc5n[nH]nc5c4)C[C@H]32)cc2ccccc12. The zero-order valence-corrected chi connectivity index (χ0v) is 21.0. The number of hydrogen-bond acceptors (Lipinski definition) is 7. The first-order chi connectivity index (χ1) is 18.6. The number of rotatable bonds is 6. The topological polar surface area (TPSA) is 114 Å². The third-order valence-electron chi connectivity index (χ3n) is 8.51. The molecule has 38 heavy (non-hydrogen) atoms. The van der Waals surface area contributed by atoms with Crippen LogP contribution in [0.3, 0.4) is 0 Å². The summed E-state index contributed by atoms with van der Waals surface area (Å²) in [5, 5.41) is 12.6. The predicted octanol–water partition coefficient (Wildman–Crippen LogP) is 2.62. The number of ether oxygens (including phenoxy) is 2. The minimum atomic E-state index is -0.0614. The smallest absolute Gasteiger partial charge is 0.272 e. The molecule has 7 rings (SSSR count). The third-order valence-corrected chi connectivity index (χ3v) is 8.51. The van der Waals surface area contributed by atoms with E-state index in [0.717, 1.165) is 29.4 Å². The second kappa shape index (κ2) is 9.05. The molecule has 2 aromatic carbocycles. The van der Waals surface area contributed by atoms with Crippen LogP contribution >= 0.6 is 0 Å².